The van der Waals surface area contributed by atoms with E-state index in [0.717, 1.165) is 22.4 Å². The van der Waals surface area contributed by atoms with Crippen LogP contribution in [0.5, 0.6) is 5.75 Å². The largest absolute Gasteiger partial charge is 0.483 e. The lowest BCUT2D eigenvalue weighted by Crippen LogP contribution is -2.50. The number of aryl methyl sites for hydroxylation is 1. The van der Waals surface area contributed by atoms with Gasteiger partial charge in [0.25, 0.3) is 0 Å². The number of nitrogens with zero attached hydrogens (tertiary/aromatic N) is 5. The van der Waals surface area contributed by atoms with Crippen LogP contribution in [0.25, 0.3) is 0 Å². The Morgan fingerprint density at radius 2 is 2.00 bits per heavy atom. The van der Waals surface area contributed by atoms with Crippen molar-refractivity contribution in [2.45, 2.75) is 20.0 Å². The normalized spacial score (nSPS) is 13.6. The fraction of sp³-hybridized carbons (Fsp3) is 0.304. The van der Waals surface area contributed by atoms with Gasteiger partial charge >= 0.3 is 6.03 Å². The monoisotopic (exact) mass is 511 g/mol. The summed E-state index contributed by atoms with van der Waals surface area (Å²) >= 11 is 3.46. The van der Waals surface area contributed by atoms with Gasteiger partial charge < -0.3 is 25.6 Å². The van der Waals surface area contributed by atoms with E-state index >= 15 is 0 Å². The first kappa shape index (κ1) is 22.8. The maximum absolute atomic E-state index is 12.7. The van der Waals surface area contributed by atoms with Gasteiger partial charge in [0, 0.05) is 48.7 Å². The number of benzene rings is 1. The van der Waals surface area contributed by atoms with Crippen LogP contribution in [0.3, 0.4) is 0 Å². The highest BCUT2D eigenvalue weighted by Crippen LogP contribution is 2.30. The number of amides is 2. The number of aromatic nitrogens is 3. The molecule has 10 heteroatoms. The van der Waals surface area contributed by atoms with Gasteiger partial charge in [-0.15, -0.1) is 0 Å². The van der Waals surface area contributed by atoms with Gasteiger partial charge in [-0.1, -0.05) is 19.1 Å². The van der Waals surface area contributed by atoms with Crippen LogP contribution in [-0.2, 0) is 13.0 Å². The van der Waals surface area contributed by atoms with E-state index in [2.05, 4.69) is 54.1 Å². The third-order valence-corrected chi connectivity index (χ3v) is 5.79. The Morgan fingerprint density at radius 1 is 1.18 bits per heavy atom. The summed E-state index contributed by atoms with van der Waals surface area (Å²) in [6.45, 7) is 4.80. The van der Waals surface area contributed by atoms with Crippen LogP contribution in [0.1, 0.15) is 18.2 Å². The predicted octanol–water partition coefficient (Wildman–Crippen LogP) is 3.71. The second kappa shape index (κ2) is 10.5. The molecule has 172 valence electrons. The van der Waals surface area contributed by atoms with E-state index in [4.69, 9.17) is 10.5 Å². The Hall–Kier alpha value is -3.40. The Balaban J connectivity index is 1.38. The number of urea groups is 1. The summed E-state index contributed by atoms with van der Waals surface area (Å²) in [7, 11) is 0. The summed E-state index contributed by atoms with van der Waals surface area (Å²) in [5.41, 5.74) is 8.35. The lowest BCUT2D eigenvalue weighted by atomic mass is 10.1. The van der Waals surface area contributed by atoms with E-state index in [1.54, 1.807) is 18.5 Å². The third-order valence-electron chi connectivity index (χ3n) is 5.36. The van der Waals surface area contributed by atoms with Crippen LogP contribution in [0.15, 0.2) is 53.3 Å². The number of pyridine rings is 1. The van der Waals surface area contributed by atoms with Crippen molar-refractivity contribution in [1.29, 1.82) is 0 Å². The number of ether oxygens (including phenoxy) is 1. The third kappa shape index (κ3) is 5.89. The van der Waals surface area contributed by atoms with Gasteiger partial charge in [-0.25, -0.2) is 19.7 Å². The summed E-state index contributed by atoms with van der Waals surface area (Å²) < 4.78 is 6.83. The number of nitrogens with one attached hydrogen (secondary N) is 1. The number of carbonyl (C=O) groups is 1. The van der Waals surface area contributed by atoms with E-state index in [1.807, 2.05) is 29.2 Å². The zero-order valence-corrected chi connectivity index (χ0v) is 20.0. The van der Waals surface area contributed by atoms with Crippen molar-refractivity contribution in [1.82, 2.24) is 19.9 Å². The first-order chi connectivity index (χ1) is 16.0. The molecule has 0 radical (unpaired) electrons. The summed E-state index contributed by atoms with van der Waals surface area (Å²) in [5.74, 6) is 1.58. The van der Waals surface area contributed by atoms with Gasteiger partial charge in [0.1, 0.15) is 6.61 Å². The number of halogens is 1. The zero-order chi connectivity index (χ0) is 23.2. The molecular formula is C23H26BrN7O2. The molecule has 0 bridgehead atoms. The molecule has 0 spiro atoms. The Bertz CT molecular complexity index is 1120. The number of piperazine rings is 1. The number of hydrogen-bond acceptors (Lipinski definition) is 7. The van der Waals surface area contributed by atoms with Crippen LogP contribution in [0, 0.1) is 0 Å². The second-order valence-corrected chi connectivity index (χ2v) is 8.54. The number of hydrogen-bond donors (Lipinski definition) is 2. The number of rotatable bonds is 6. The summed E-state index contributed by atoms with van der Waals surface area (Å²) in [6, 6.07) is 11.5. The molecule has 4 rings (SSSR count). The predicted molar refractivity (Wildman–Crippen MR) is 131 cm³/mol. The van der Waals surface area contributed by atoms with Gasteiger partial charge in [-0.2, -0.15) is 0 Å². The summed E-state index contributed by atoms with van der Waals surface area (Å²) in [5, 5.41) is 3.00. The smallest absolute Gasteiger partial charge is 0.321 e. The fourth-order valence-electron chi connectivity index (χ4n) is 3.60. The Kier molecular flexibility index (Phi) is 7.23. The van der Waals surface area contributed by atoms with E-state index in [-0.39, 0.29) is 18.6 Å². The molecule has 0 unspecified atom stereocenters. The molecular weight excluding hydrogens is 486 g/mol. The molecule has 1 saturated heterocycles. The Labute approximate surface area is 201 Å². The number of anilines is 3. The van der Waals surface area contributed by atoms with E-state index in [0.29, 0.717) is 37.6 Å². The Morgan fingerprint density at radius 3 is 2.76 bits per heavy atom. The van der Waals surface area contributed by atoms with Gasteiger partial charge in [-0.05, 0) is 52.2 Å². The number of carbonyl (C=O) groups excluding carboxylic acids is 1. The molecule has 0 aliphatic carbocycles. The van der Waals surface area contributed by atoms with Crippen molar-refractivity contribution in [3.63, 3.8) is 0 Å². The highest BCUT2D eigenvalue weighted by Gasteiger charge is 2.24. The topological polar surface area (TPSA) is 110 Å². The highest BCUT2D eigenvalue weighted by atomic mass is 79.9. The molecule has 1 aromatic carbocycles. The molecule has 1 aliphatic heterocycles. The standard InChI is InChI=1S/C23H26BrN7O2/c1-2-16-4-3-5-18(12-16)29-23(32)31-10-8-30(9-11-31)21-20(13-17(24)14-27-21)33-15-19-6-7-26-22(25)28-19/h3-7,12-14H,2,8-11,15H2,1H3,(H,29,32)(H2,25,26,28). The van der Waals surface area contributed by atoms with Crippen molar-refractivity contribution in [2.75, 3.05) is 42.1 Å². The lowest BCUT2D eigenvalue weighted by Gasteiger charge is -2.36. The molecule has 3 N–H and O–H groups in total. The molecule has 33 heavy (non-hydrogen) atoms. The van der Waals surface area contributed by atoms with Crippen molar-refractivity contribution in [3.8, 4) is 5.75 Å². The minimum Gasteiger partial charge on any atom is -0.483 e. The fourth-order valence-corrected chi connectivity index (χ4v) is 3.91. The van der Waals surface area contributed by atoms with Crippen LogP contribution < -0.4 is 20.7 Å². The van der Waals surface area contributed by atoms with Crippen molar-refractivity contribution < 1.29 is 9.53 Å². The molecule has 0 atom stereocenters. The van der Waals surface area contributed by atoms with E-state index in [9.17, 15) is 4.79 Å². The molecule has 3 heterocycles. The van der Waals surface area contributed by atoms with E-state index in [1.165, 1.54) is 5.56 Å². The van der Waals surface area contributed by atoms with Gasteiger partial charge in [0.2, 0.25) is 5.95 Å². The quantitative estimate of drug-likeness (QED) is 0.518. The minimum atomic E-state index is -0.0931. The molecule has 9 nitrogen and oxygen atoms in total. The minimum absolute atomic E-state index is 0.0931. The zero-order valence-electron chi connectivity index (χ0n) is 18.4. The van der Waals surface area contributed by atoms with Crippen LogP contribution in [0.2, 0.25) is 0 Å². The van der Waals surface area contributed by atoms with Crippen LogP contribution >= 0.6 is 15.9 Å². The second-order valence-electron chi connectivity index (χ2n) is 7.63. The molecule has 1 aliphatic rings. The average molecular weight is 512 g/mol. The summed E-state index contributed by atoms with van der Waals surface area (Å²) in [4.78, 5) is 29.3. The number of nitrogen functional groups attached to an aromatic ring is 1. The van der Waals surface area contributed by atoms with Gasteiger partial charge in [-0.3, -0.25) is 0 Å². The highest BCUT2D eigenvalue weighted by molar-refractivity contribution is 9.10. The van der Waals surface area contributed by atoms with Crippen LogP contribution in [-0.4, -0.2) is 52.1 Å². The SMILES string of the molecule is CCc1cccc(NC(=O)N2CCN(c3ncc(Br)cc3OCc3ccnc(N)n3)CC2)c1. The maximum atomic E-state index is 12.7. The first-order valence-electron chi connectivity index (χ1n) is 10.8. The van der Waals surface area contributed by atoms with Crippen molar-refractivity contribution in [3.05, 3.63) is 64.5 Å². The average Bonchev–Trinajstić information content (AvgIpc) is 2.83. The van der Waals surface area contributed by atoms with Crippen molar-refractivity contribution in [2.24, 2.45) is 0 Å². The lowest BCUT2D eigenvalue weighted by molar-refractivity contribution is 0.208. The van der Waals surface area contributed by atoms with Gasteiger partial charge in [0.15, 0.2) is 11.6 Å². The van der Waals surface area contributed by atoms with Gasteiger partial charge in [0.05, 0.1) is 5.69 Å². The molecule has 0 saturated carbocycles. The van der Waals surface area contributed by atoms with Crippen molar-refractivity contribution >= 4 is 39.4 Å². The molecule has 1 fully saturated rings. The maximum Gasteiger partial charge on any atom is 0.321 e. The molecule has 2 amide bonds. The van der Waals surface area contributed by atoms with E-state index < -0.39 is 0 Å². The summed E-state index contributed by atoms with van der Waals surface area (Å²) in [6.07, 6.45) is 4.27. The van der Waals surface area contributed by atoms with Crippen LogP contribution in [0.4, 0.5) is 22.2 Å². The molecule has 3 aromatic rings. The molecule has 2 aromatic heterocycles. The first-order valence-corrected chi connectivity index (χ1v) is 11.6. The number of nitrogens with two attached hydrogens (primary N) is 1.